The van der Waals surface area contributed by atoms with E-state index >= 15 is 0 Å². The van der Waals surface area contributed by atoms with Crippen LogP contribution in [0.25, 0.3) is 0 Å². The Bertz CT molecular complexity index is 780. The lowest BCUT2D eigenvalue weighted by Crippen LogP contribution is -2.55. The molecule has 2 N–H and O–H groups in total. The molecule has 0 spiro atoms. The Morgan fingerprint density at radius 1 is 0.909 bits per heavy atom. The Hall–Kier alpha value is -2.37. The second-order valence-corrected chi connectivity index (χ2v) is 10.1. The molecule has 0 aliphatic heterocycles. The van der Waals surface area contributed by atoms with Gasteiger partial charge in [-0.2, -0.15) is 0 Å². The summed E-state index contributed by atoms with van der Waals surface area (Å²) in [6, 6.07) is 6.30. The van der Waals surface area contributed by atoms with Gasteiger partial charge in [-0.3, -0.25) is 9.59 Å². The van der Waals surface area contributed by atoms with Gasteiger partial charge in [0.05, 0.1) is 7.11 Å². The molecule has 6 heteroatoms. The highest BCUT2D eigenvalue weighted by atomic mass is 16.5. The third kappa shape index (κ3) is 7.58. The Kier molecular flexibility index (Phi) is 10.4. The number of rotatable bonds is 10. The van der Waals surface area contributed by atoms with Crippen molar-refractivity contribution in [1.29, 1.82) is 0 Å². The predicted octanol–water partition coefficient (Wildman–Crippen LogP) is 4.83. The SMILES string of the molecule is CCCC1CCC(c2ccc(C(=O)N[C@H](C(=O)N[C@H](C(=O)OC)C(C)C)C(C)C)cc2)CC1. The summed E-state index contributed by atoms with van der Waals surface area (Å²) in [5.41, 5.74) is 1.82. The van der Waals surface area contributed by atoms with Crippen LogP contribution in [0.1, 0.15) is 95.0 Å². The average Bonchev–Trinajstić information content (AvgIpc) is 2.80. The van der Waals surface area contributed by atoms with E-state index in [1.807, 2.05) is 39.8 Å². The van der Waals surface area contributed by atoms with Gasteiger partial charge < -0.3 is 15.4 Å². The first-order chi connectivity index (χ1) is 15.7. The number of ether oxygens (including phenoxy) is 1. The number of hydrogen-bond donors (Lipinski definition) is 2. The van der Waals surface area contributed by atoms with Crippen LogP contribution in [0, 0.1) is 17.8 Å². The number of carbonyl (C=O) groups excluding carboxylic acids is 3. The fourth-order valence-electron chi connectivity index (χ4n) is 4.73. The van der Waals surface area contributed by atoms with E-state index in [-0.39, 0.29) is 23.7 Å². The molecular weight excluding hydrogens is 416 g/mol. The minimum Gasteiger partial charge on any atom is -0.467 e. The summed E-state index contributed by atoms with van der Waals surface area (Å²) in [5.74, 6) is -0.0114. The van der Waals surface area contributed by atoms with E-state index in [0.717, 1.165) is 5.92 Å². The van der Waals surface area contributed by atoms with Crippen LogP contribution >= 0.6 is 0 Å². The van der Waals surface area contributed by atoms with Crippen LogP contribution in [-0.4, -0.2) is 37.0 Å². The maximum absolute atomic E-state index is 12.9. The molecular formula is C27H42N2O4. The van der Waals surface area contributed by atoms with Gasteiger partial charge in [-0.05, 0) is 67.1 Å². The number of methoxy groups -OCH3 is 1. The van der Waals surface area contributed by atoms with Gasteiger partial charge in [0.25, 0.3) is 5.91 Å². The van der Waals surface area contributed by atoms with Crippen LogP contribution in [-0.2, 0) is 14.3 Å². The smallest absolute Gasteiger partial charge is 0.328 e. The highest BCUT2D eigenvalue weighted by molar-refractivity contribution is 5.98. The van der Waals surface area contributed by atoms with E-state index in [1.165, 1.54) is 51.2 Å². The van der Waals surface area contributed by atoms with Gasteiger partial charge >= 0.3 is 5.97 Å². The molecule has 2 amide bonds. The number of amides is 2. The second kappa shape index (κ2) is 12.8. The molecule has 0 unspecified atom stereocenters. The average molecular weight is 459 g/mol. The molecule has 33 heavy (non-hydrogen) atoms. The molecule has 1 aliphatic rings. The van der Waals surface area contributed by atoms with Gasteiger partial charge in [-0.25, -0.2) is 4.79 Å². The van der Waals surface area contributed by atoms with Gasteiger partial charge in [0.1, 0.15) is 12.1 Å². The highest BCUT2D eigenvalue weighted by Gasteiger charge is 2.31. The minimum absolute atomic E-state index is 0.130. The number of carbonyl (C=O) groups is 3. The Morgan fingerprint density at radius 3 is 1.97 bits per heavy atom. The molecule has 6 nitrogen and oxygen atoms in total. The maximum Gasteiger partial charge on any atom is 0.328 e. The first kappa shape index (κ1) is 26.9. The van der Waals surface area contributed by atoms with E-state index < -0.39 is 18.1 Å². The Balaban J connectivity index is 2.01. The number of nitrogens with one attached hydrogen (secondary N) is 2. The largest absolute Gasteiger partial charge is 0.467 e. The van der Waals surface area contributed by atoms with E-state index in [0.29, 0.717) is 11.5 Å². The van der Waals surface area contributed by atoms with E-state index in [4.69, 9.17) is 4.74 Å². The van der Waals surface area contributed by atoms with Crippen molar-refractivity contribution in [2.45, 2.75) is 91.1 Å². The first-order valence-corrected chi connectivity index (χ1v) is 12.5. The normalized spacial score (nSPS) is 20.2. The lowest BCUT2D eigenvalue weighted by Gasteiger charge is -2.28. The number of hydrogen-bond acceptors (Lipinski definition) is 4. The summed E-state index contributed by atoms with van der Waals surface area (Å²) in [4.78, 5) is 37.8. The molecule has 2 rings (SSSR count). The molecule has 1 aromatic carbocycles. The van der Waals surface area contributed by atoms with E-state index in [1.54, 1.807) is 0 Å². The minimum atomic E-state index is -0.757. The molecule has 0 bridgehead atoms. The van der Waals surface area contributed by atoms with Crippen molar-refractivity contribution in [3.8, 4) is 0 Å². The monoisotopic (exact) mass is 458 g/mol. The zero-order chi connectivity index (χ0) is 24.5. The summed E-state index contributed by atoms with van der Waals surface area (Å²) in [5, 5.41) is 5.59. The summed E-state index contributed by atoms with van der Waals surface area (Å²) >= 11 is 0. The number of esters is 1. The van der Waals surface area contributed by atoms with E-state index in [9.17, 15) is 14.4 Å². The fraction of sp³-hybridized carbons (Fsp3) is 0.667. The molecule has 1 fully saturated rings. The van der Waals surface area contributed by atoms with Crippen LogP contribution in [0.3, 0.4) is 0 Å². The predicted molar refractivity (Wildman–Crippen MR) is 131 cm³/mol. The van der Waals surface area contributed by atoms with Crippen molar-refractivity contribution < 1.29 is 19.1 Å². The lowest BCUT2D eigenvalue weighted by atomic mass is 9.77. The second-order valence-electron chi connectivity index (χ2n) is 10.1. The number of benzene rings is 1. The molecule has 0 heterocycles. The summed E-state index contributed by atoms with van der Waals surface area (Å²) < 4.78 is 4.80. The first-order valence-electron chi connectivity index (χ1n) is 12.5. The molecule has 0 aromatic heterocycles. The van der Waals surface area contributed by atoms with Crippen molar-refractivity contribution >= 4 is 17.8 Å². The van der Waals surface area contributed by atoms with Gasteiger partial charge in [0, 0.05) is 5.56 Å². The van der Waals surface area contributed by atoms with Crippen molar-refractivity contribution in [3.63, 3.8) is 0 Å². The Labute approximate surface area is 199 Å². The van der Waals surface area contributed by atoms with Crippen LogP contribution < -0.4 is 10.6 Å². The third-order valence-corrected chi connectivity index (χ3v) is 6.84. The van der Waals surface area contributed by atoms with E-state index in [2.05, 4.69) is 29.7 Å². The van der Waals surface area contributed by atoms with Gasteiger partial charge in [0.2, 0.25) is 5.91 Å². The zero-order valence-corrected chi connectivity index (χ0v) is 21.1. The zero-order valence-electron chi connectivity index (χ0n) is 21.1. The quantitative estimate of drug-likeness (QED) is 0.492. The summed E-state index contributed by atoms with van der Waals surface area (Å²) in [6.45, 7) is 9.66. The molecule has 1 aromatic rings. The topological polar surface area (TPSA) is 84.5 Å². The highest BCUT2D eigenvalue weighted by Crippen LogP contribution is 2.37. The summed E-state index contributed by atoms with van der Waals surface area (Å²) in [7, 11) is 1.30. The standard InChI is InChI=1S/C27H42N2O4/c1-7-8-19-9-11-20(12-10-19)21-13-15-22(16-14-21)25(30)28-23(17(2)3)26(31)29-24(18(4)5)27(32)33-6/h13-20,23-24H,7-12H2,1-6H3,(H,28,30)(H,29,31)/t19?,20?,23-,24-/m0/s1. The van der Waals surface area contributed by atoms with Gasteiger partial charge in [-0.15, -0.1) is 0 Å². The van der Waals surface area contributed by atoms with Crippen LogP contribution in [0.5, 0.6) is 0 Å². The molecule has 0 radical (unpaired) electrons. The molecule has 0 saturated heterocycles. The molecule has 2 atom stereocenters. The van der Waals surface area contributed by atoms with Crippen molar-refractivity contribution in [2.75, 3.05) is 7.11 Å². The van der Waals surface area contributed by atoms with Crippen molar-refractivity contribution in [2.24, 2.45) is 17.8 Å². The van der Waals surface area contributed by atoms with Crippen molar-refractivity contribution in [1.82, 2.24) is 10.6 Å². The third-order valence-electron chi connectivity index (χ3n) is 6.84. The molecule has 1 aliphatic carbocycles. The lowest BCUT2D eigenvalue weighted by molar-refractivity contribution is -0.146. The Morgan fingerprint density at radius 2 is 1.48 bits per heavy atom. The van der Waals surface area contributed by atoms with Crippen LogP contribution in [0.4, 0.5) is 0 Å². The molecule has 184 valence electrons. The van der Waals surface area contributed by atoms with Gasteiger partial charge in [-0.1, -0.05) is 59.6 Å². The maximum atomic E-state index is 12.9. The molecule has 1 saturated carbocycles. The van der Waals surface area contributed by atoms with Crippen LogP contribution in [0.2, 0.25) is 0 Å². The van der Waals surface area contributed by atoms with Crippen molar-refractivity contribution in [3.05, 3.63) is 35.4 Å². The van der Waals surface area contributed by atoms with Gasteiger partial charge in [0.15, 0.2) is 0 Å². The summed E-state index contributed by atoms with van der Waals surface area (Å²) in [6.07, 6.45) is 7.58. The van der Waals surface area contributed by atoms with Crippen LogP contribution in [0.15, 0.2) is 24.3 Å². The fourth-order valence-corrected chi connectivity index (χ4v) is 4.73.